The van der Waals surface area contributed by atoms with E-state index in [2.05, 4.69) is 32.7 Å². The number of aromatic amines is 1. The number of thiophene rings is 1. The van der Waals surface area contributed by atoms with Crippen LogP contribution in [0.1, 0.15) is 57.9 Å². The van der Waals surface area contributed by atoms with E-state index in [9.17, 15) is 20.1 Å². The maximum absolute atomic E-state index is 11.7. The normalized spacial score (nSPS) is 15.7. The van der Waals surface area contributed by atoms with Gasteiger partial charge < -0.3 is 35.4 Å². The second-order valence-corrected chi connectivity index (χ2v) is 12.7. The summed E-state index contributed by atoms with van der Waals surface area (Å²) in [7, 11) is 0. The van der Waals surface area contributed by atoms with Gasteiger partial charge in [-0.3, -0.25) is 4.79 Å². The molecule has 44 heavy (non-hydrogen) atoms. The van der Waals surface area contributed by atoms with Gasteiger partial charge in [-0.25, -0.2) is 4.98 Å². The third-order valence-electron chi connectivity index (χ3n) is 8.51. The number of oxazole rings is 1. The van der Waals surface area contributed by atoms with Crippen molar-refractivity contribution in [2.75, 3.05) is 19.6 Å². The van der Waals surface area contributed by atoms with Gasteiger partial charge in [-0.2, -0.15) is 0 Å². The van der Waals surface area contributed by atoms with E-state index in [1.165, 1.54) is 21.9 Å². The molecular weight excluding hydrogens is 576 g/mol. The molecule has 1 aliphatic rings. The fourth-order valence-corrected chi connectivity index (χ4v) is 6.82. The zero-order valence-electron chi connectivity index (χ0n) is 24.5. The van der Waals surface area contributed by atoms with E-state index >= 15 is 0 Å². The molecule has 10 heteroatoms. The summed E-state index contributed by atoms with van der Waals surface area (Å²) in [6.07, 6.45) is 5.52. The topological polar surface area (TPSA) is 144 Å². The van der Waals surface area contributed by atoms with Crippen LogP contribution in [-0.2, 0) is 25.0 Å². The quantitative estimate of drug-likeness (QED) is 0.100. The number of H-pyrrole nitrogens is 1. The molecule has 1 aliphatic carbocycles. The maximum atomic E-state index is 11.7. The number of pyridine rings is 1. The molecule has 6 rings (SSSR count). The predicted octanol–water partition coefficient (Wildman–Crippen LogP) is 4.52. The van der Waals surface area contributed by atoms with Crippen molar-refractivity contribution in [3.05, 3.63) is 116 Å². The van der Waals surface area contributed by atoms with Gasteiger partial charge in [0, 0.05) is 59.7 Å². The summed E-state index contributed by atoms with van der Waals surface area (Å²) in [5.41, 5.74) is 0.327. The number of nitrogens with zero attached hydrogens (tertiary/aromatic N) is 1. The van der Waals surface area contributed by atoms with Crippen LogP contribution in [0.25, 0.3) is 10.9 Å². The first-order chi connectivity index (χ1) is 21.4. The molecule has 230 valence electrons. The van der Waals surface area contributed by atoms with Crippen LogP contribution in [0.3, 0.4) is 0 Å². The largest absolute Gasteiger partial charge is 0.506 e. The summed E-state index contributed by atoms with van der Waals surface area (Å²) in [5.74, 6) is 1.25. The van der Waals surface area contributed by atoms with E-state index in [4.69, 9.17) is 4.42 Å². The molecule has 9 nitrogen and oxygen atoms in total. The van der Waals surface area contributed by atoms with Gasteiger partial charge >= 0.3 is 0 Å². The highest BCUT2D eigenvalue weighted by molar-refractivity contribution is 7.11. The Balaban J connectivity index is 0.942. The van der Waals surface area contributed by atoms with Crippen LogP contribution < -0.4 is 16.2 Å². The molecule has 1 saturated carbocycles. The average Bonchev–Trinajstić information content (AvgIpc) is 3.67. The summed E-state index contributed by atoms with van der Waals surface area (Å²) in [6.45, 7) is 2.55. The van der Waals surface area contributed by atoms with Crippen molar-refractivity contribution in [3.8, 4) is 5.75 Å². The van der Waals surface area contributed by atoms with Crippen LogP contribution in [0, 0.1) is 5.92 Å². The van der Waals surface area contributed by atoms with Crippen molar-refractivity contribution < 1.29 is 19.7 Å². The number of nitrogens with one attached hydrogen (secondary N) is 3. The third-order valence-corrected chi connectivity index (χ3v) is 9.65. The lowest BCUT2D eigenvalue weighted by Crippen LogP contribution is -2.40. The number of phenolic OH excluding ortho intramolecular Hbond substituents is 1. The lowest BCUT2D eigenvalue weighted by molar-refractivity contribution is -0.0413. The minimum atomic E-state index is -1.19. The molecule has 0 spiro atoms. The fourth-order valence-electron chi connectivity index (χ4n) is 5.84. The molecule has 5 aromatic rings. The van der Waals surface area contributed by atoms with Crippen molar-refractivity contribution in [1.29, 1.82) is 0 Å². The van der Waals surface area contributed by atoms with Gasteiger partial charge in [-0.1, -0.05) is 42.8 Å². The number of fused-ring (bicyclic) bond motifs is 1. The minimum Gasteiger partial charge on any atom is -0.506 e. The second-order valence-electron chi connectivity index (χ2n) is 11.4. The summed E-state index contributed by atoms with van der Waals surface area (Å²) >= 11 is 1.76. The Morgan fingerprint density at radius 2 is 1.80 bits per heavy atom. The van der Waals surface area contributed by atoms with Gasteiger partial charge in [-0.05, 0) is 54.7 Å². The summed E-state index contributed by atoms with van der Waals surface area (Å²) < 4.78 is 6.10. The van der Waals surface area contributed by atoms with Gasteiger partial charge in [0.1, 0.15) is 11.5 Å². The molecule has 1 unspecified atom stereocenters. The molecule has 0 radical (unpaired) electrons. The minimum absolute atomic E-state index is 0.0208. The monoisotopic (exact) mass is 614 g/mol. The van der Waals surface area contributed by atoms with Crippen molar-refractivity contribution >= 4 is 22.2 Å². The fraction of sp³-hybridized carbons (Fsp3) is 0.353. The Morgan fingerprint density at radius 3 is 2.59 bits per heavy atom. The summed E-state index contributed by atoms with van der Waals surface area (Å²) in [4.78, 5) is 21.3. The number of aliphatic hydroxyl groups is 2. The average molecular weight is 615 g/mol. The Kier molecular flexibility index (Phi) is 9.25. The van der Waals surface area contributed by atoms with E-state index in [0.29, 0.717) is 41.9 Å². The van der Waals surface area contributed by atoms with Crippen molar-refractivity contribution in [1.82, 2.24) is 20.6 Å². The Morgan fingerprint density at radius 1 is 1.00 bits per heavy atom. The highest BCUT2D eigenvalue weighted by Crippen LogP contribution is 2.46. The van der Waals surface area contributed by atoms with Crippen molar-refractivity contribution in [3.63, 3.8) is 0 Å². The van der Waals surface area contributed by atoms with Gasteiger partial charge in [-0.15, -0.1) is 11.3 Å². The highest BCUT2D eigenvalue weighted by Gasteiger charge is 2.46. The molecule has 3 heterocycles. The Bertz CT molecular complexity index is 1750. The van der Waals surface area contributed by atoms with Crippen LogP contribution in [0.4, 0.5) is 0 Å². The first kappa shape index (κ1) is 30.2. The molecule has 0 saturated heterocycles. The smallest absolute Gasteiger partial charge is 0.248 e. The molecule has 2 aromatic carbocycles. The third kappa shape index (κ3) is 6.50. The number of hydrogen-bond donors (Lipinski definition) is 6. The van der Waals surface area contributed by atoms with Crippen LogP contribution in [0.2, 0.25) is 0 Å². The first-order valence-electron chi connectivity index (χ1n) is 15.2. The molecule has 6 N–H and O–H groups in total. The van der Waals surface area contributed by atoms with E-state index in [-0.39, 0.29) is 17.2 Å². The van der Waals surface area contributed by atoms with Crippen molar-refractivity contribution in [2.45, 2.75) is 50.4 Å². The second kappa shape index (κ2) is 13.5. The van der Waals surface area contributed by atoms with E-state index in [1.54, 1.807) is 29.7 Å². The maximum Gasteiger partial charge on any atom is 0.248 e. The molecule has 3 aromatic heterocycles. The van der Waals surface area contributed by atoms with E-state index in [1.807, 2.05) is 30.3 Å². The zero-order chi connectivity index (χ0) is 30.5. The lowest BCUT2D eigenvalue weighted by Gasteiger charge is -2.39. The van der Waals surface area contributed by atoms with Gasteiger partial charge in [0.15, 0.2) is 5.60 Å². The number of aromatic nitrogens is 2. The summed E-state index contributed by atoms with van der Waals surface area (Å²) in [5, 5.41) is 40.0. The molecule has 0 bridgehead atoms. The van der Waals surface area contributed by atoms with Gasteiger partial charge in [0.25, 0.3) is 0 Å². The molecule has 2 atom stereocenters. The Labute approximate surface area is 259 Å². The van der Waals surface area contributed by atoms with Gasteiger partial charge in [0.05, 0.1) is 17.8 Å². The number of benzene rings is 2. The zero-order valence-corrected chi connectivity index (χ0v) is 25.3. The van der Waals surface area contributed by atoms with Crippen LogP contribution in [0.15, 0.2) is 82.1 Å². The van der Waals surface area contributed by atoms with Crippen LogP contribution in [-0.4, -0.2) is 44.9 Å². The molecule has 0 aliphatic heterocycles. The first-order valence-corrected chi connectivity index (χ1v) is 16.0. The number of phenols is 1. The Hall–Kier alpha value is -3.80. The number of hydrogen-bond acceptors (Lipinski definition) is 9. The van der Waals surface area contributed by atoms with Crippen LogP contribution >= 0.6 is 11.3 Å². The van der Waals surface area contributed by atoms with E-state index < -0.39 is 11.7 Å². The number of rotatable bonds is 14. The summed E-state index contributed by atoms with van der Waals surface area (Å²) in [6, 6.07) is 20.2. The SMILES string of the molecule is O=c1ccc2c([C@@H](O)CNCCc3ccc(CNCCc4cnc(C(O)(c5ccccc5)C5CCC5)o4)s3)ccc(O)c2[nH]1. The molecular formula is C34H38N4O5S. The number of aliphatic hydroxyl groups excluding tert-OH is 1. The standard InChI is InChI=1S/C34H38N4O5S/c39-29-13-11-27(28-12-14-31(41)38-32(28)29)30(40)21-36-18-16-25-9-10-26(44-25)20-35-17-15-24-19-37-33(43-24)34(42,23-7-4-8-23)22-5-2-1-3-6-22/h1-3,5-6,9-14,19,23,30,35-36,39-40,42H,4,7-8,15-18,20-21H2,(H,38,41)/t30-,34?/m0/s1. The highest BCUT2D eigenvalue weighted by atomic mass is 32.1. The predicted molar refractivity (Wildman–Crippen MR) is 171 cm³/mol. The molecule has 0 amide bonds. The van der Waals surface area contributed by atoms with Crippen molar-refractivity contribution in [2.24, 2.45) is 5.92 Å². The van der Waals surface area contributed by atoms with Gasteiger partial charge in [0.2, 0.25) is 11.4 Å². The van der Waals surface area contributed by atoms with Crippen LogP contribution in [0.5, 0.6) is 5.75 Å². The van der Waals surface area contributed by atoms with E-state index in [0.717, 1.165) is 50.1 Å². The number of aromatic hydroxyl groups is 1. The molecule has 1 fully saturated rings. The lowest BCUT2D eigenvalue weighted by atomic mass is 9.69.